The zero-order chi connectivity index (χ0) is 24.1. The van der Waals surface area contributed by atoms with Gasteiger partial charge in [0.25, 0.3) is 0 Å². The zero-order valence-corrected chi connectivity index (χ0v) is 19.5. The fraction of sp³-hybridized carbons (Fsp3) is 0.321. The van der Waals surface area contributed by atoms with Gasteiger partial charge in [-0.15, -0.1) is 0 Å². The normalized spacial score (nSPS) is 14.8. The lowest BCUT2D eigenvalue weighted by atomic mass is 9.96. The second-order valence-electron chi connectivity index (χ2n) is 8.99. The van der Waals surface area contributed by atoms with Gasteiger partial charge in [0, 0.05) is 29.3 Å². The van der Waals surface area contributed by atoms with Crippen LogP contribution >= 0.6 is 0 Å². The maximum absolute atomic E-state index is 15.3. The summed E-state index contributed by atoms with van der Waals surface area (Å²) in [5, 5.41) is 9.19. The molecule has 3 N–H and O–H groups in total. The molecule has 1 aliphatic heterocycles. The maximum atomic E-state index is 15.3. The molecule has 1 saturated heterocycles. The molecule has 3 aromatic rings. The van der Waals surface area contributed by atoms with Crippen molar-refractivity contribution in [3.05, 3.63) is 88.7 Å². The van der Waals surface area contributed by atoms with Crippen LogP contribution in [0, 0.1) is 5.82 Å². The van der Waals surface area contributed by atoms with Crippen LogP contribution in [0.15, 0.2) is 60.7 Å². The van der Waals surface area contributed by atoms with Crippen LogP contribution < -0.4 is 10.5 Å². The van der Waals surface area contributed by atoms with Gasteiger partial charge >= 0.3 is 5.97 Å². The number of carboxylic acids is 1. The van der Waals surface area contributed by atoms with Gasteiger partial charge in [0.05, 0.1) is 6.42 Å². The van der Waals surface area contributed by atoms with Gasteiger partial charge in [-0.05, 0) is 67.7 Å². The number of benzene rings is 3. The first-order valence-corrected chi connectivity index (χ1v) is 11.7. The van der Waals surface area contributed by atoms with E-state index in [-0.39, 0.29) is 18.8 Å². The highest BCUT2D eigenvalue weighted by Crippen LogP contribution is 2.30. The third-order valence-corrected chi connectivity index (χ3v) is 6.20. The Bertz CT molecular complexity index is 1160. The molecule has 6 heteroatoms. The summed E-state index contributed by atoms with van der Waals surface area (Å²) in [5.41, 5.74) is 10.4. The van der Waals surface area contributed by atoms with Crippen molar-refractivity contribution in [2.24, 2.45) is 5.73 Å². The third kappa shape index (κ3) is 5.82. The molecule has 0 aromatic heterocycles. The van der Waals surface area contributed by atoms with Crippen LogP contribution in [0.2, 0.25) is 0 Å². The van der Waals surface area contributed by atoms with E-state index in [0.29, 0.717) is 22.4 Å². The first-order valence-electron chi connectivity index (χ1n) is 11.7. The molecule has 4 rings (SSSR count). The van der Waals surface area contributed by atoms with E-state index >= 15 is 4.39 Å². The number of rotatable bonds is 9. The third-order valence-electron chi connectivity index (χ3n) is 6.20. The number of aliphatic carboxylic acids is 1. The number of hydrogen-bond acceptors (Lipinski definition) is 4. The smallest absolute Gasteiger partial charge is 0.307 e. The van der Waals surface area contributed by atoms with Gasteiger partial charge in [0.1, 0.15) is 18.2 Å². The van der Waals surface area contributed by atoms with Crippen LogP contribution in [0.1, 0.15) is 48.1 Å². The van der Waals surface area contributed by atoms with E-state index in [4.69, 9.17) is 10.5 Å². The largest absolute Gasteiger partial charge is 0.489 e. The topological polar surface area (TPSA) is 75.8 Å². The highest BCUT2D eigenvalue weighted by molar-refractivity contribution is 5.71. The predicted molar refractivity (Wildman–Crippen MR) is 131 cm³/mol. The Hall–Kier alpha value is -3.22. The molecule has 1 aliphatic rings. The van der Waals surface area contributed by atoms with Gasteiger partial charge in [-0.3, -0.25) is 9.69 Å². The SMILES string of the molecule is CC(N)c1cccc(-c2cc(COc3ccccc3CC(=O)O)cc(CN3CCCC3)c2)c1F. The molecule has 178 valence electrons. The van der Waals surface area contributed by atoms with Crippen molar-refractivity contribution in [1.82, 2.24) is 4.90 Å². The summed E-state index contributed by atoms with van der Waals surface area (Å²) in [7, 11) is 0. The standard InChI is InChI=1S/C28H31FN2O3/c1-19(30)24-8-6-9-25(28(24)29)23-14-20(17-31-11-4-5-12-31)13-21(15-23)18-34-26-10-3-2-7-22(26)16-27(32)33/h2-3,6-10,13-15,19H,4-5,11-12,16-18,30H2,1H3,(H,32,33). The minimum Gasteiger partial charge on any atom is -0.489 e. The molecule has 3 aromatic carbocycles. The summed E-state index contributed by atoms with van der Waals surface area (Å²) >= 11 is 0. The van der Waals surface area contributed by atoms with Crippen molar-refractivity contribution in [1.29, 1.82) is 0 Å². The van der Waals surface area contributed by atoms with Crippen molar-refractivity contribution < 1.29 is 19.0 Å². The van der Waals surface area contributed by atoms with Crippen LogP contribution in [0.5, 0.6) is 5.75 Å². The fourth-order valence-electron chi connectivity index (χ4n) is 4.53. The molecule has 1 atom stereocenters. The Balaban J connectivity index is 1.66. The fourth-order valence-corrected chi connectivity index (χ4v) is 4.53. The number of hydrogen-bond donors (Lipinski definition) is 2. The van der Waals surface area contributed by atoms with Crippen LogP contribution in [-0.2, 0) is 24.4 Å². The van der Waals surface area contributed by atoms with Crippen molar-refractivity contribution in [3.63, 3.8) is 0 Å². The van der Waals surface area contributed by atoms with Crippen molar-refractivity contribution >= 4 is 5.97 Å². The van der Waals surface area contributed by atoms with Crippen molar-refractivity contribution in [2.75, 3.05) is 13.1 Å². The average Bonchev–Trinajstić information content (AvgIpc) is 3.31. The van der Waals surface area contributed by atoms with Gasteiger partial charge < -0.3 is 15.6 Å². The van der Waals surface area contributed by atoms with E-state index in [1.165, 1.54) is 12.8 Å². The number of carboxylic acid groups (broad SMARTS) is 1. The van der Waals surface area contributed by atoms with Crippen molar-refractivity contribution in [3.8, 4) is 16.9 Å². The molecular formula is C28H31FN2O3. The lowest BCUT2D eigenvalue weighted by Crippen LogP contribution is -2.18. The van der Waals surface area contributed by atoms with E-state index in [9.17, 15) is 9.90 Å². The average molecular weight is 463 g/mol. The summed E-state index contributed by atoms with van der Waals surface area (Å²) in [6, 6.07) is 18.2. The summed E-state index contributed by atoms with van der Waals surface area (Å²) in [6.07, 6.45) is 2.29. The molecule has 34 heavy (non-hydrogen) atoms. The Labute approximate surface area is 200 Å². The van der Waals surface area contributed by atoms with Gasteiger partial charge in [-0.1, -0.05) is 42.5 Å². The number of halogens is 1. The van der Waals surface area contributed by atoms with E-state index < -0.39 is 12.0 Å². The van der Waals surface area contributed by atoms with Gasteiger partial charge in [-0.2, -0.15) is 0 Å². The molecule has 1 unspecified atom stereocenters. The van der Waals surface area contributed by atoms with Crippen LogP contribution in [-0.4, -0.2) is 29.1 Å². The molecule has 5 nitrogen and oxygen atoms in total. The van der Waals surface area contributed by atoms with Crippen LogP contribution in [0.4, 0.5) is 4.39 Å². The number of nitrogens with two attached hydrogens (primary N) is 1. The summed E-state index contributed by atoms with van der Waals surface area (Å²) < 4.78 is 21.4. The van der Waals surface area contributed by atoms with Crippen molar-refractivity contribution in [2.45, 2.75) is 45.4 Å². The lowest BCUT2D eigenvalue weighted by molar-refractivity contribution is -0.136. The monoisotopic (exact) mass is 462 g/mol. The molecule has 0 amide bonds. The number of likely N-dealkylation sites (tertiary alicyclic amines) is 1. The van der Waals surface area contributed by atoms with E-state index in [1.54, 1.807) is 37.3 Å². The second-order valence-corrected chi connectivity index (χ2v) is 8.99. The van der Waals surface area contributed by atoms with Gasteiger partial charge in [-0.25, -0.2) is 4.39 Å². The van der Waals surface area contributed by atoms with Crippen LogP contribution in [0.25, 0.3) is 11.1 Å². The molecular weight excluding hydrogens is 431 g/mol. The molecule has 0 aliphatic carbocycles. The molecule has 0 spiro atoms. The quantitative estimate of drug-likeness (QED) is 0.450. The second kappa shape index (κ2) is 10.8. The Morgan fingerprint density at radius 2 is 1.82 bits per heavy atom. The summed E-state index contributed by atoms with van der Waals surface area (Å²) in [5.74, 6) is -0.661. The number of para-hydroxylation sites is 1. The first-order chi connectivity index (χ1) is 16.4. The Morgan fingerprint density at radius 3 is 2.56 bits per heavy atom. The molecule has 0 radical (unpaired) electrons. The molecule has 0 saturated carbocycles. The lowest BCUT2D eigenvalue weighted by Gasteiger charge is -2.18. The number of nitrogens with zero attached hydrogens (tertiary/aromatic N) is 1. The predicted octanol–water partition coefficient (Wildman–Crippen LogP) is 5.31. The highest BCUT2D eigenvalue weighted by atomic mass is 19.1. The highest BCUT2D eigenvalue weighted by Gasteiger charge is 2.17. The first kappa shape index (κ1) is 23.9. The van der Waals surface area contributed by atoms with Gasteiger partial charge in [0.2, 0.25) is 0 Å². The summed E-state index contributed by atoms with van der Waals surface area (Å²) in [6.45, 7) is 4.96. The molecule has 0 bridgehead atoms. The van der Waals surface area contributed by atoms with E-state index in [1.807, 2.05) is 24.3 Å². The van der Waals surface area contributed by atoms with E-state index in [0.717, 1.165) is 36.3 Å². The maximum Gasteiger partial charge on any atom is 0.307 e. The van der Waals surface area contributed by atoms with E-state index in [2.05, 4.69) is 11.0 Å². The number of ether oxygens (including phenoxy) is 1. The minimum absolute atomic E-state index is 0.105. The minimum atomic E-state index is -0.907. The number of carbonyl (C=O) groups is 1. The molecule has 1 fully saturated rings. The van der Waals surface area contributed by atoms with Crippen LogP contribution in [0.3, 0.4) is 0 Å². The zero-order valence-electron chi connectivity index (χ0n) is 19.5. The molecule has 1 heterocycles. The summed E-state index contributed by atoms with van der Waals surface area (Å²) in [4.78, 5) is 13.6. The Kier molecular flexibility index (Phi) is 7.60. The van der Waals surface area contributed by atoms with Gasteiger partial charge in [0.15, 0.2) is 0 Å². The Morgan fingerprint density at radius 1 is 1.09 bits per heavy atom.